The number of rotatable bonds is 6. The monoisotopic (exact) mass is 382 g/mol. The molecule has 3 N–H and O–H groups in total. The number of ether oxygens (including phenoxy) is 1. The van der Waals surface area contributed by atoms with Gasteiger partial charge in [-0.05, 0) is 50.8 Å². The van der Waals surface area contributed by atoms with Crippen molar-refractivity contribution in [3.63, 3.8) is 0 Å². The lowest BCUT2D eigenvalue weighted by atomic mass is 9.92. The highest BCUT2D eigenvalue weighted by molar-refractivity contribution is 6.06. The molecule has 2 aromatic heterocycles. The smallest absolute Gasteiger partial charge is 0.253 e. The molecule has 148 valence electrons. The minimum absolute atomic E-state index is 0.0669. The van der Waals surface area contributed by atoms with E-state index >= 15 is 0 Å². The molecule has 1 atom stereocenters. The molecule has 2 heterocycles. The van der Waals surface area contributed by atoms with Gasteiger partial charge in [0.15, 0.2) is 0 Å². The molecule has 7 heteroatoms. The molecule has 1 saturated carbocycles. The second-order valence-corrected chi connectivity index (χ2v) is 7.53. The molecule has 4 rings (SSSR count). The molecule has 0 saturated heterocycles. The van der Waals surface area contributed by atoms with E-state index in [1.54, 1.807) is 19.4 Å². The van der Waals surface area contributed by atoms with Gasteiger partial charge in [-0.25, -0.2) is 4.98 Å². The van der Waals surface area contributed by atoms with Gasteiger partial charge in [-0.3, -0.25) is 4.79 Å². The minimum Gasteiger partial charge on any atom is -0.391 e. The highest BCUT2D eigenvalue weighted by Crippen LogP contribution is 2.25. The summed E-state index contributed by atoms with van der Waals surface area (Å²) in [6, 6.07) is 6.04. The summed E-state index contributed by atoms with van der Waals surface area (Å²) in [6.45, 7) is 2.10. The zero-order valence-corrected chi connectivity index (χ0v) is 16.0. The van der Waals surface area contributed by atoms with Crippen LogP contribution in [-0.2, 0) is 4.74 Å². The standard InChI is InChI=1S/C21H26N4O3/c1-14(26)12-28-18-4-2-16(3-5-18)24-21(27)19-11-17(25-9-8-22-13-25)10-15-6-7-23-20(15)19/h6-11,13-14,16,18,23,26H,2-5,12H2,1H3,(H,24,27)/t14?,16-,18-. The van der Waals surface area contributed by atoms with Crippen molar-refractivity contribution in [2.45, 2.75) is 50.9 Å². The fourth-order valence-electron chi connectivity index (χ4n) is 3.81. The Labute approximate surface area is 163 Å². The number of hydrogen-bond donors (Lipinski definition) is 3. The largest absolute Gasteiger partial charge is 0.391 e. The van der Waals surface area contributed by atoms with E-state index in [2.05, 4.69) is 15.3 Å². The number of aromatic nitrogens is 3. The van der Waals surface area contributed by atoms with Gasteiger partial charge in [-0.2, -0.15) is 0 Å². The van der Waals surface area contributed by atoms with E-state index in [0.717, 1.165) is 42.3 Å². The Morgan fingerprint density at radius 3 is 2.93 bits per heavy atom. The number of carbonyl (C=O) groups is 1. The summed E-state index contributed by atoms with van der Waals surface area (Å²) in [5.74, 6) is -0.0669. The number of fused-ring (bicyclic) bond motifs is 1. The van der Waals surface area contributed by atoms with Gasteiger partial charge in [0, 0.05) is 35.7 Å². The zero-order valence-electron chi connectivity index (χ0n) is 16.0. The molecule has 1 amide bonds. The van der Waals surface area contributed by atoms with Gasteiger partial charge in [-0.1, -0.05) is 0 Å². The third kappa shape index (κ3) is 4.10. The first kappa shape index (κ1) is 18.7. The van der Waals surface area contributed by atoms with Crippen molar-refractivity contribution in [2.75, 3.05) is 6.61 Å². The molecule has 7 nitrogen and oxygen atoms in total. The molecular weight excluding hydrogens is 356 g/mol. The van der Waals surface area contributed by atoms with Gasteiger partial charge in [0.2, 0.25) is 0 Å². The maximum Gasteiger partial charge on any atom is 0.253 e. The van der Waals surface area contributed by atoms with E-state index in [4.69, 9.17) is 4.74 Å². The van der Waals surface area contributed by atoms with E-state index in [0.29, 0.717) is 12.2 Å². The molecule has 1 unspecified atom stereocenters. The molecule has 1 fully saturated rings. The normalized spacial score (nSPS) is 20.9. The van der Waals surface area contributed by atoms with Crippen LogP contribution < -0.4 is 5.32 Å². The van der Waals surface area contributed by atoms with Crippen molar-refractivity contribution in [1.82, 2.24) is 19.9 Å². The number of nitrogens with zero attached hydrogens (tertiary/aromatic N) is 2. The van der Waals surface area contributed by atoms with E-state index < -0.39 is 6.10 Å². The van der Waals surface area contributed by atoms with Crippen LogP contribution in [0.1, 0.15) is 43.0 Å². The summed E-state index contributed by atoms with van der Waals surface area (Å²) < 4.78 is 7.61. The summed E-state index contributed by atoms with van der Waals surface area (Å²) in [5, 5.41) is 13.5. The maximum absolute atomic E-state index is 13.0. The molecule has 0 bridgehead atoms. The van der Waals surface area contributed by atoms with Crippen molar-refractivity contribution in [3.8, 4) is 5.69 Å². The lowest BCUT2D eigenvalue weighted by Gasteiger charge is -2.29. The number of H-pyrrole nitrogens is 1. The number of amides is 1. The number of aromatic amines is 1. The molecule has 28 heavy (non-hydrogen) atoms. The van der Waals surface area contributed by atoms with E-state index in [1.807, 2.05) is 35.2 Å². The Kier molecular flexibility index (Phi) is 5.45. The molecule has 1 aromatic carbocycles. The van der Waals surface area contributed by atoms with Crippen LogP contribution in [0.2, 0.25) is 0 Å². The Hall–Kier alpha value is -2.64. The first-order valence-corrected chi connectivity index (χ1v) is 9.80. The second kappa shape index (κ2) is 8.16. The average molecular weight is 382 g/mol. The van der Waals surface area contributed by atoms with Crippen LogP contribution in [-0.4, -0.2) is 50.4 Å². The predicted molar refractivity (Wildman–Crippen MR) is 107 cm³/mol. The third-order valence-corrected chi connectivity index (χ3v) is 5.27. The average Bonchev–Trinajstić information content (AvgIpc) is 3.38. The fourth-order valence-corrected chi connectivity index (χ4v) is 3.81. The van der Waals surface area contributed by atoms with E-state index in [9.17, 15) is 9.90 Å². The van der Waals surface area contributed by atoms with Gasteiger partial charge in [0.25, 0.3) is 5.91 Å². The first-order chi connectivity index (χ1) is 13.6. The highest BCUT2D eigenvalue weighted by atomic mass is 16.5. The number of hydrogen-bond acceptors (Lipinski definition) is 4. The Morgan fingerprint density at radius 1 is 1.39 bits per heavy atom. The number of nitrogens with one attached hydrogen (secondary N) is 2. The van der Waals surface area contributed by atoms with Gasteiger partial charge >= 0.3 is 0 Å². The fraction of sp³-hybridized carbons (Fsp3) is 0.429. The van der Waals surface area contributed by atoms with Crippen molar-refractivity contribution in [1.29, 1.82) is 0 Å². The predicted octanol–water partition coefficient (Wildman–Crippen LogP) is 2.79. The number of aliphatic hydroxyl groups excluding tert-OH is 1. The number of imidazole rings is 1. The van der Waals surface area contributed by atoms with Crippen LogP contribution in [0, 0.1) is 0 Å². The van der Waals surface area contributed by atoms with Crippen LogP contribution in [0.25, 0.3) is 16.6 Å². The van der Waals surface area contributed by atoms with Gasteiger partial charge < -0.3 is 24.7 Å². The summed E-state index contributed by atoms with van der Waals surface area (Å²) in [6.07, 6.45) is 10.4. The topological polar surface area (TPSA) is 92.2 Å². The lowest BCUT2D eigenvalue weighted by Crippen LogP contribution is -2.39. The molecule has 0 spiro atoms. The quantitative estimate of drug-likeness (QED) is 0.611. The van der Waals surface area contributed by atoms with Gasteiger partial charge in [-0.15, -0.1) is 0 Å². The van der Waals surface area contributed by atoms with Gasteiger partial charge in [0.1, 0.15) is 0 Å². The van der Waals surface area contributed by atoms with Crippen LogP contribution in [0.5, 0.6) is 0 Å². The van der Waals surface area contributed by atoms with Crippen LogP contribution in [0.15, 0.2) is 43.1 Å². The molecule has 3 aromatic rings. The number of carbonyl (C=O) groups excluding carboxylic acids is 1. The summed E-state index contributed by atoms with van der Waals surface area (Å²) in [7, 11) is 0. The van der Waals surface area contributed by atoms with Crippen molar-refractivity contribution < 1.29 is 14.6 Å². The SMILES string of the molecule is CC(O)CO[C@H]1CC[C@H](NC(=O)c2cc(-n3ccnc3)cc3cc[nH]c23)CC1. The molecule has 0 aliphatic heterocycles. The molecule has 0 radical (unpaired) electrons. The second-order valence-electron chi connectivity index (χ2n) is 7.53. The molecule has 1 aliphatic carbocycles. The summed E-state index contributed by atoms with van der Waals surface area (Å²) in [5.41, 5.74) is 2.39. The van der Waals surface area contributed by atoms with E-state index in [1.165, 1.54) is 0 Å². The van der Waals surface area contributed by atoms with Crippen LogP contribution in [0.3, 0.4) is 0 Å². The van der Waals surface area contributed by atoms with E-state index in [-0.39, 0.29) is 18.1 Å². The molecule has 1 aliphatic rings. The van der Waals surface area contributed by atoms with Crippen LogP contribution in [0.4, 0.5) is 0 Å². The summed E-state index contributed by atoms with van der Waals surface area (Å²) in [4.78, 5) is 20.3. The Balaban J connectivity index is 1.45. The zero-order chi connectivity index (χ0) is 19.5. The Bertz CT molecular complexity index is 924. The van der Waals surface area contributed by atoms with Crippen molar-refractivity contribution in [3.05, 3.63) is 48.7 Å². The summed E-state index contributed by atoms with van der Waals surface area (Å²) >= 11 is 0. The van der Waals surface area contributed by atoms with Crippen molar-refractivity contribution >= 4 is 16.8 Å². The van der Waals surface area contributed by atoms with Crippen molar-refractivity contribution in [2.24, 2.45) is 0 Å². The maximum atomic E-state index is 13.0. The number of aliphatic hydroxyl groups is 1. The molecular formula is C21H26N4O3. The third-order valence-electron chi connectivity index (χ3n) is 5.27. The first-order valence-electron chi connectivity index (χ1n) is 9.80. The number of benzene rings is 1. The highest BCUT2D eigenvalue weighted by Gasteiger charge is 2.24. The Morgan fingerprint density at radius 2 is 2.21 bits per heavy atom. The van der Waals surface area contributed by atoms with Crippen LogP contribution >= 0.6 is 0 Å². The lowest BCUT2D eigenvalue weighted by molar-refractivity contribution is -0.0210. The van der Waals surface area contributed by atoms with Gasteiger partial charge in [0.05, 0.1) is 36.2 Å². The minimum atomic E-state index is -0.441.